The van der Waals surface area contributed by atoms with Crippen molar-refractivity contribution in [1.82, 2.24) is 14.8 Å². The summed E-state index contributed by atoms with van der Waals surface area (Å²) in [5.41, 5.74) is 1.06. The zero-order valence-corrected chi connectivity index (χ0v) is 19.7. The fourth-order valence-corrected chi connectivity index (χ4v) is 3.67. The van der Waals surface area contributed by atoms with Crippen LogP contribution in [-0.4, -0.2) is 27.3 Å². The summed E-state index contributed by atoms with van der Waals surface area (Å²) >= 11 is 3.41. The maximum Gasteiger partial charge on any atom is 0.417 e. The van der Waals surface area contributed by atoms with Crippen LogP contribution in [0.1, 0.15) is 43.5 Å². The highest BCUT2D eigenvalue weighted by Gasteiger charge is 2.30. The fraction of sp³-hybridized carbons (Fsp3) is 0.348. The Bertz CT molecular complexity index is 1100. The maximum absolute atomic E-state index is 12.8. The minimum absolute atomic E-state index is 0.321. The predicted octanol–water partition coefficient (Wildman–Crippen LogP) is 5.94. The molecule has 0 N–H and O–H groups in total. The van der Waals surface area contributed by atoms with Crippen LogP contribution in [0.25, 0.3) is 5.82 Å². The van der Waals surface area contributed by atoms with Gasteiger partial charge >= 0.3 is 12.1 Å². The Morgan fingerprint density at radius 1 is 1.18 bits per heavy atom. The van der Waals surface area contributed by atoms with E-state index in [1.54, 1.807) is 24.4 Å². The topological polar surface area (TPSA) is 66.2 Å². The fourth-order valence-electron chi connectivity index (χ4n) is 3.21. The molecule has 0 saturated carbocycles. The van der Waals surface area contributed by atoms with E-state index in [0.717, 1.165) is 36.4 Å². The van der Waals surface area contributed by atoms with Gasteiger partial charge in [0.1, 0.15) is 0 Å². The van der Waals surface area contributed by atoms with Gasteiger partial charge in [0.25, 0.3) is 0 Å². The highest BCUT2D eigenvalue weighted by Crippen LogP contribution is 2.35. The van der Waals surface area contributed by atoms with Gasteiger partial charge in [0.15, 0.2) is 17.3 Å². The zero-order chi connectivity index (χ0) is 24.0. The Morgan fingerprint density at radius 2 is 1.97 bits per heavy atom. The van der Waals surface area contributed by atoms with Gasteiger partial charge in [-0.25, -0.2) is 9.67 Å². The van der Waals surface area contributed by atoms with Crippen molar-refractivity contribution < 1.29 is 27.4 Å². The molecule has 2 aromatic heterocycles. The van der Waals surface area contributed by atoms with E-state index in [9.17, 15) is 18.0 Å². The third-order valence-corrected chi connectivity index (χ3v) is 5.32. The van der Waals surface area contributed by atoms with Gasteiger partial charge in [0.05, 0.1) is 22.3 Å². The molecule has 6 nitrogen and oxygen atoms in total. The largest absolute Gasteiger partial charge is 0.488 e. The number of alkyl halides is 3. The number of aryl methyl sites for hydroxylation is 2. The molecule has 0 aliphatic rings. The number of nitrogens with zero attached hydrogens (tertiary/aromatic N) is 3. The molecule has 176 valence electrons. The molecule has 0 fully saturated rings. The first-order valence-corrected chi connectivity index (χ1v) is 11.2. The van der Waals surface area contributed by atoms with Gasteiger partial charge in [-0.2, -0.15) is 18.3 Å². The van der Waals surface area contributed by atoms with Crippen LogP contribution >= 0.6 is 15.9 Å². The highest BCUT2D eigenvalue weighted by molar-refractivity contribution is 9.10. The van der Waals surface area contributed by atoms with Crippen LogP contribution in [0.15, 0.2) is 47.2 Å². The smallest absolute Gasteiger partial charge is 0.417 e. The van der Waals surface area contributed by atoms with Gasteiger partial charge in [0.2, 0.25) is 0 Å². The molecule has 0 aliphatic heterocycles. The van der Waals surface area contributed by atoms with Crippen molar-refractivity contribution in [3.8, 4) is 17.3 Å². The quantitative estimate of drug-likeness (QED) is 0.196. The number of hydrogen-bond donors (Lipinski definition) is 0. The van der Waals surface area contributed by atoms with E-state index in [2.05, 4.69) is 26.0 Å². The summed E-state index contributed by atoms with van der Waals surface area (Å²) < 4.78 is 51.6. The third-order valence-electron chi connectivity index (χ3n) is 4.70. The lowest BCUT2D eigenvalue weighted by Gasteiger charge is -2.12. The van der Waals surface area contributed by atoms with E-state index in [1.165, 1.54) is 17.7 Å². The molecular formula is C23H23BrF3N3O3. The summed E-state index contributed by atoms with van der Waals surface area (Å²) in [4.78, 5) is 15.2. The number of hydrogen-bond acceptors (Lipinski definition) is 5. The molecule has 0 spiro atoms. The second-order valence-electron chi connectivity index (χ2n) is 7.31. The first kappa shape index (κ1) is 24.8. The Balaban J connectivity index is 1.68. The van der Waals surface area contributed by atoms with E-state index in [1.807, 2.05) is 6.92 Å². The number of carbonyl (C=O) groups is 1. The summed E-state index contributed by atoms with van der Waals surface area (Å²) in [6.45, 7) is 3.72. The molecule has 2 heterocycles. The SMILES string of the molecule is CCCc1nn(-c2ccc(C(F)(F)F)cn2)cc1CCCOc1c(Br)cccc1OC(C)=O. The van der Waals surface area contributed by atoms with Crippen LogP contribution in [0, 0.1) is 0 Å². The Morgan fingerprint density at radius 3 is 2.61 bits per heavy atom. The number of ether oxygens (including phenoxy) is 2. The van der Waals surface area contributed by atoms with Crippen molar-refractivity contribution in [3.05, 3.63) is 64.0 Å². The molecule has 0 radical (unpaired) electrons. The highest BCUT2D eigenvalue weighted by atomic mass is 79.9. The van der Waals surface area contributed by atoms with E-state index in [4.69, 9.17) is 9.47 Å². The van der Waals surface area contributed by atoms with Crippen molar-refractivity contribution in [2.24, 2.45) is 0 Å². The molecule has 0 atom stereocenters. The van der Waals surface area contributed by atoms with Gasteiger partial charge in [-0.3, -0.25) is 4.79 Å². The minimum Gasteiger partial charge on any atom is -0.488 e. The van der Waals surface area contributed by atoms with Gasteiger partial charge in [0, 0.05) is 19.3 Å². The van der Waals surface area contributed by atoms with Crippen LogP contribution in [0.4, 0.5) is 13.2 Å². The van der Waals surface area contributed by atoms with Crippen LogP contribution in [0.3, 0.4) is 0 Å². The van der Waals surface area contributed by atoms with E-state index < -0.39 is 17.7 Å². The lowest BCUT2D eigenvalue weighted by Crippen LogP contribution is -2.07. The van der Waals surface area contributed by atoms with Crippen LogP contribution < -0.4 is 9.47 Å². The summed E-state index contributed by atoms with van der Waals surface area (Å²) in [5.74, 6) is 0.671. The van der Waals surface area contributed by atoms with E-state index in [-0.39, 0.29) is 0 Å². The molecule has 33 heavy (non-hydrogen) atoms. The normalized spacial score (nSPS) is 11.5. The van der Waals surface area contributed by atoms with Crippen LogP contribution in [0.2, 0.25) is 0 Å². The van der Waals surface area contributed by atoms with Crippen molar-refractivity contribution >= 4 is 21.9 Å². The van der Waals surface area contributed by atoms with Crippen molar-refractivity contribution in [3.63, 3.8) is 0 Å². The van der Waals surface area contributed by atoms with Gasteiger partial charge in [-0.05, 0) is 65.0 Å². The molecule has 3 aromatic rings. The molecule has 10 heteroatoms. The number of para-hydroxylation sites is 1. The summed E-state index contributed by atoms with van der Waals surface area (Å²) in [5, 5.41) is 4.53. The first-order chi connectivity index (χ1) is 15.7. The summed E-state index contributed by atoms with van der Waals surface area (Å²) in [6.07, 6.45) is 1.10. The molecule has 0 amide bonds. The van der Waals surface area contributed by atoms with Crippen LogP contribution in [-0.2, 0) is 23.8 Å². The second-order valence-corrected chi connectivity index (χ2v) is 8.17. The molecular weight excluding hydrogens is 503 g/mol. The molecule has 0 unspecified atom stereocenters. The monoisotopic (exact) mass is 525 g/mol. The van der Waals surface area contributed by atoms with Gasteiger partial charge in [-0.15, -0.1) is 0 Å². The Hall–Kier alpha value is -2.88. The molecule has 1 aromatic carbocycles. The number of rotatable bonds is 9. The molecule has 0 bridgehead atoms. The average molecular weight is 526 g/mol. The second kappa shape index (κ2) is 10.8. The first-order valence-electron chi connectivity index (χ1n) is 10.4. The Labute approximate surface area is 197 Å². The van der Waals surface area contributed by atoms with Crippen molar-refractivity contribution in [2.75, 3.05) is 6.61 Å². The number of esters is 1. The van der Waals surface area contributed by atoms with Crippen molar-refractivity contribution in [2.45, 2.75) is 45.7 Å². The molecule has 0 saturated heterocycles. The van der Waals surface area contributed by atoms with Crippen molar-refractivity contribution in [1.29, 1.82) is 0 Å². The number of halogens is 4. The minimum atomic E-state index is -4.43. The predicted molar refractivity (Wildman–Crippen MR) is 120 cm³/mol. The van der Waals surface area contributed by atoms with Crippen LogP contribution in [0.5, 0.6) is 11.5 Å². The average Bonchev–Trinajstić information content (AvgIpc) is 3.15. The summed E-state index contributed by atoms with van der Waals surface area (Å²) in [7, 11) is 0. The van der Waals surface area contributed by atoms with Gasteiger partial charge in [-0.1, -0.05) is 19.4 Å². The van der Waals surface area contributed by atoms with E-state index >= 15 is 0 Å². The Kier molecular flexibility index (Phi) is 8.12. The number of aromatic nitrogens is 3. The third kappa shape index (κ3) is 6.56. The number of pyridine rings is 1. The lowest BCUT2D eigenvalue weighted by molar-refractivity contribution is -0.138. The number of carbonyl (C=O) groups excluding carboxylic acids is 1. The summed E-state index contributed by atoms with van der Waals surface area (Å²) in [6, 6.07) is 7.50. The standard InChI is InChI=1S/C23H23BrF3N3O3/c1-3-6-19-16(14-30(29-19)21-11-10-17(13-28-21)23(25,26)27)7-5-12-32-22-18(24)8-4-9-20(22)33-15(2)31/h4,8-11,13-14H,3,5-7,12H2,1-2H3. The molecule has 3 rings (SSSR count). The maximum atomic E-state index is 12.8. The van der Waals surface area contributed by atoms with E-state index in [0.29, 0.717) is 41.2 Å². The molecule has 0 aliphatic carbocycles. The van der Waals surface area contributed by atoms with Gasteiger partial charge < -0.3 is 9.47 Å². The number of benzene rings is 1. The zero-order valence-electron chi connectivity index (χ0n) is 18.2. The lowest BCUT2D eigenvalue weighted by atomic mass is 10.1.